The molecule has 0 amide bonds. The van der Waals surface area contributed by atoms with Gasteiger partial charge in [0, 0.05) is 11.6 Å². The molecule has 0 bridgehead atoms. The van der Waals surface area contributed by atoms with Crippen molar-refractivity contribution in [1.29, 1.82) is 0 Å². The maximum atomic E-state index is 10.8. The zero-order chi connectivity index (χ0) is 14.0. The average molecular weight is 300 g/mol. The summed E-state index contributed by atoms with van der Waals surface area (Å²) < 4.78 is 9.93. The number of thioether (sulfide) groups is 1. The highest BCUT2D eigenvalue weighted by atomic mass is 35.5. The summed E-state index contributed by atoms with van der Waals surface area (Å²) in [5.74, 6) is -0.795. The Kier molecular flexibility index (Phi) is 4.01. The largest absolute Gasteiger partial charge is 0.494 e. The fraction of sp³-hybridized carbons (Fsp3) is 0.167. The molecule has 0 radical (unpaired) electrons. The Balaban J connectivity index is 2.50. The predicted octanol–water partition coefficient (Wildman–Crippen LogP) is 3.42. The Morgan fingerprint density at radius 2 is 2.21 bits per heavy atom. The lowest BCUT2D eigenvalue weighted by Gasteiger charge is -2.09. The maximum Gasteiger partial charge on any atom is 0.374 e. The quantitative estimate of drug-likeness (QED) is 0.872. The lowest BCUT2D eigenvalue weighted by Crippen LogP contribution is -1.91. The zero-order valence-electron chi connectivity index (χ0n) is 10.1. The molecule has 0 unspecified atom stereocenters. The molecule has 2 aromatic rings. The van der Waals surface area contributed by atoms with Gasteiger partial charge in [0.15, 0.2) is 5.75 Å². The second-order valence-electron chi connectivity index (χ2n) is 3.58. The number of carboxylic acid groups (broad SMARTS) is 1. The molecule has 0 saturated carbocycles. The van der Waals surface area contributed by atoms with Crippen LogP contribution in [0.4, 0.5) is 0 Å². The maximum absolute atomic E-state index is 10.8. The summed E-state index contributed by atoms with van der Waals surface area (Å²) in [7, 11) is 1.54. The number of hydrogen-bond donors (Lipinski definition) is 1. The first-order chi connectivity index (χ1) is 9.06. The molecule has 1 N–H and O–H groups in total. The molecule has 1 aromatic heterocycles. The smallest absolute Gasteiger partial charge is 0.374 e. The molecule has 0 fully saturated rings. The Labute approximate surface area is 118 Å². The van der Waals surface area contributed by atoms with Crippen LogP contribution in [0.1, 0.15) is 10.6 Å². The lowest BCUT2D eigenvalue weighted by atomic mass is 10.1. The van der Waals surface area contributed by atoms with Crippen molar-refractivity contribution in [3.8, 4) is 17.0 Å². The van der Waals surface area contributed by atoms with E-state index in [-0.39, 0.29) is 5.76 Å². The molecule has 7 heteroatoms. The summed E-state index contributed by atoms with van der Waals surface area (Å²) in [6.07, 6.45) is 1.89. The van der Waals surface area contributed by atoms with Crippen LogP contribution in [0.2, 0.25) is 5.02 Å². The molecule has 5 nitrogen and oxygen atoms in total. The first-order valence-corrected chi connectivity index (χ1v) is 6.79. The number of methoxy groups -OCH3 is 1. The van der Waals surface area contributed by atoms with Gasteiger partial charge in [-0.1, -0.05) is 16.8 Å². The van der Waals surface area contributed by atoms with Crippen LogP contribution in [-0.4, -0.2) is 29.6 Å². The summed E-state index contributed by atoms with van der Waals surface area (Å²) in [5.41, 5.74) is 1.09. The van der Waals surface area contributed by atoms with E-state index in [2.05, 4.69) is 5.16 Å². The molecule has 0 aliphatic heterocycles. The predicted molar refractivity (Wildman–Crippen MR) is 72.2 cm³/mol. The van der Waals surface area contributed by atoms with Gasteiger partial charge < -0.3 is 14.4 Å². The van der Waals surface area contributed by atoms with Crippen LogP contribution in [0.15, 0.2) is 27.6 Å². The van der Waals surface area contributed by atoms with Gasteiger partial charge in [0.2, 0.25) is 5.76 Å². The highest BCUT2D eigenvalue weighted by Crippen LogP contribution is 2.38. The van der Waals surface area contributed by atoms with Gasteiger partial charge in [-0.25, -0.2) is 4.79 Å². The molecule has 1 heterocycles. The average Bonchev–Trinajstić information content (AvgIpc) is 2.87. The number of carboxylic acids is 1. The molecule has 100 valence electrons. The standard InChI is InChI=1S/C12H10ClNO4S/c1-17-11-7(13)3-6(4-10(11)19-2)8-5-9(12(15)16)18-14-8/h3-5H,1-2H3,(H,15,16). The fourth-order valence-electron chi connectivity index (χ4n) is 1.58. The molecular weight excluding hydrogens is 290 g/mol. The summed E-state index contributed by atoms with van der Waals surface area (Å²) in [4.78, 5) is 11.6. The van der Waals surface area contributed by atoms with Crippen molar-refractivity contribution in [2.24, 2.45) is 0 Å². The van der Waals surface area contributed by atoms with Crippen molar-refractivity contribution >= 4 is 29.3 Å². The van der Waals surface area contributed by atoms with Crippen molar-refractivity contribution in [3.63, 3.8) is 0 Å². The third kappa shape index (κ3) is 2.69. The van der Waals surface area contributed by atoms with Gasteiger partial charge >= 0.3 is 5.97 Å². The molecule has 19 heavy (non-hydrogen) atoms. The summed E-state index contributed by atoms with van der Waals surface area (Å²) in [6, 6.07) is 4.83. The van der Waals surface area contributed by atoms with Crippen molar-refractivity contribution in [2.75, 3.05) is 13.4 Å². The van der Waals surface area contributed by atoms with Crippen LogP contribution in [0.5, 0.6) is 5.75 Å². The SMILES string of the molecule is COc1c(Cl)cc(-c2cc(C(=O)O)on2)cc1SC. The number of ether oxygens (including phenoxy) is 1. The number of halogens is 1. The van der Waals surface area contributed by atoms with Gasteiger partial charge in [-0.2, -0.15) is 0 Å². The fourth-order valence-corrected chi connectivity index (χ4v) is 2.55. The van der Waals surface area contributed by atoms with E-state index in [1.165, 1.54) is 17.8 Å². The van der Waals surface area contributed by atoms with E-state index >= 15 is 0 Å². The first-order valence-electron chi connectivity index (χ1n) is 5.18. The van der Waals surface area contributed by atoms with Crippen LogP contribution in [-0.2, 0) is 0 Å². The van der Waals surface area contributed by atoms with Crippen molar-refractivity contribution < 1.29 is 19.2 Å². The van der Waals surface area contributed by atoms with Crippen molar-refractivity contribution in [3.05, 3.63) is 29.0 Å². The summed E-state index contributed by atoms with van der Waals surface area (Å²) >= 11 is 7.59. The molecule has 2 rings (SSSR count). The number of nitrogens with zero attached hydrogens (tertiary/aromatic N) is 1. The molecule has 0 saturated heterocycles. The number of carbonyl (C=O) groups is 1. The van der Waals surface area contributed by atoms with Gasteiger partial charge in [-0.05, 0) is 18.4 Å². The van der Waals surface area contributed by atoms with Crippen LogP contribution in [0.25, 0.3) is 11.3 Å². The lowest BCUT2D eigenvalue weighted by molar-refractivity contribution is 0.0652. The first kappa shape index (κ1) is 13.8. The van der Waals surface area contributed by atoms with Crippen LogP contribution >= 0.6 is 23.4 Å². The number of aromatic nitrogens is 1. The number of benzene rings is 1. The van der Waals surface area contributed by atoms with Gasteiger partial charge in [-0.3, -0.25) is 0 Å². The van der Waals surface area contributed by atoms with E-state index in [0.29, 0.717) is 22.0 Å². The van der Waals surface area contributed by atoms with Crippen molar-refractivity contribution in [2.45, 2.75) is 4.90 Å². The third-order valence-corrected chi connectivity index (χ3v) is 3.47. The highest BCUT2D eigenvalue weighted by molar-refractivity contribution is 7.98. The molecule has 0 aliphatic carbocycles. The molecule has 1 aromatic carbocycles. The Morgan fingerprint density at radius 1 is 1.47 bits per heavy atom. The van der Waals surface area contributed by atoms with Crippen LogP contribution in [0.3, 0.4) is 0 Å². The van der Waals surface area contributed by atoms with E-state index in [4.69, 9.17) is 26.0 Å². The number of aromatic carboxylic acids is 1. The zero-order valence-corrected chi connectivity index (χ0v) is 11.7. The second kappa shape index (κ2) is 5.54. The Hall–Kier alpha value is -1.66. The van der Waals surface area contributed by atoms with E-state index < -0.39 is 5.97 Å². The molecule has 0 aliphatic rings. The van der Waals surface area contributed by atoms with Gasteiger partial charge in [0.25, 0.3) is 0 Å². The number of rotatable bonds is 4. The summed E-state index contributed by atoms with van der Waals surface area (Å²) in [6.45, 7) is 0. The third-order valence-electron chi connectivity index (χ3n) is 2.45. The van der Waals surface area contributed by atoms with E-state index in [1.54, 1.807) is 13.2 Å². The van der Waals surface area contributed by atoms with Crippen LogP contribution in [0, 0.1) is 0 Å². The molecular formula is C12H10ClNO4S. The van der Waals surface area contributed by atoms with Gasteiger partial charge in [0.1, 0.15) is 5.69 Å². The van der Waals surface area contributed by atoms with Gasteiger partial charge in [-0.15, -0.1) is 11.8 Å². The Morgan fingerprint density at radius 3 is 2.74 bits per heavy atom. The van der Waals surface area contributed by atoms with Crippen LogP contribution < -0.4 is 4.74 Å². The van der Waals surface area contributed by atoms with E-state index in [1.807, 2.05) is 12.3 Å². The van der Waals surface area contributed by atoms with Gasteiger partial charge in [0.05, 0.1) is 17.0 Å². The van der Waals surface area contributed by atoms with E-state index in [9.17, 15) is 4.79 Å². The molecule has 0 atom stereocenters. The second-order valence-corrected chi connectivity index (χ2v) is 4.83. The Bertz CT molecular complexity index is 626. The number of hydrogen-bond acceptors (Lipinski definition) is 5. The topological polar surface area (TPSA) is 72.6 Å². The van der Waals surface area contributed by atoms with Crippen molar-refractivity contribution in [1.82, 2.24) is 5.16 Å². The minimum Gasteiger partial charge on any atom is -0.494 e. The van der Waals surface area contributed by atoms with E-state index in [0.717, 1.165) is 4.90 Å². The minimum absolute atomic E-state index is 0.215. The summed E-state index contributed by atoms with van der Waals surface area (Å²) in [5, 5.41) is 12.9. The monoisotopic (exact) mass is 299 g/mol. The molecule has 0 spiro atoms. The minimum atomic E-state index is -1.16. The normalized spacial score (nSPS) is 10.5. The highest BCUT2D eigenvalue weighted by Gasteiger charge is 2.16.